The molecule has 2 amide bonds. The smallest absolute Gasteiger partial charge is 0.240 e. The molecule has 0 bridgehead atoms. The highest BCUT2D eigenvalue weighted by atomic mass is 16.2. The van der Waals surface area contributed by atoms with Crippen LogP contribution in [0.1, 0.15) is 63.5 Å². The van der Waals surface area contributed by atoms with E-state index in [0.717, 1.165) is 43.5 Å². The number of amides is 2. The van der Waals surface area contributed by atoms with E-state index in [1.807, 2.05) is 31.2 Å². The Hall–Kier alpha value is -2.35. The van der Waals surface area contributed by atoms with Crippen LogP contribution in [0.15, 0.2) is 24.3 Å². The molecule has 132 valence electrons. The summed E-state index contributed by atoms with van der Waals surface area (Å²) in [5, 5.41) is 12.5. The van der Waals surface area contributed by atoms with Crippen molar-refractivity contribution in [3.63, 3.8) is 0 Å². The summed E-state index contributed by atoms with van der Waals surface area (Å²) >= 11 is 0. The molecule has 1 unspecified atom stereocenters. The first-order valence-electron chi connectivity index (χ1n) is 9.18. The molecule has 1 aliphatic carbocycles. The maximum absolute atomic E-state index is 12.7. The topological polar surface area (TPSA) is 73.2 Å². The standard InChI is InChI=1S/C20H25N3O2/c1-15(22-19(25)20(14-21)11-3-2-4-12-20)16-7-9-17(10-8-16)23-13-5-6-18(23)24/h7-10,15H,2-6,11-13H2,1H3,(H,22,25). The van der Waals surface area contributed by atoms with Gasteiger partial charge in [0, 0.05) is 18.7 Å². The minimum absolute atomic E-state index is 0.152. The molecule has 3 rings (SSSR count). The fourth-order valence-electron chi connectivity index (χ4n) is 3.83. The van der Waals surface area contributed by atoms with E-state index in [-0.39, 0.29) is 17.9 Å². The van der Waals surface area contributed by atoms with Gasteiger partial charge in [0.2, 0.25) is 11.8 Å². The van der Waals surface area contributed by atoms with Gasteiger partial charge in [-0.05, 0) is 43.9 Å². The maximum Gasteiger partial charge on any atom is 0.240 e. The van der Waals surface area contributed by atoms with Gasteiger partial charge >= 0.3 is 0 Å². The SMILES string of the molecule is CC(NC(=O)C1(C#N)CCCCC1)c1ccc(N2CCCC2=O)cc1. The average Bonchev–Trinajstić information content (AvgIpc) is 3.08. The monoisotopic (exact) mass is 339 g/mol. The van der Waals surface area contributed by atoms with E-state index in [9.17, 15) is 14.9 Å². The molecule has 0 radical (unpaired) electrons. The van der Waals surface area contributed by atoms with Gasteiger partial charge in [-0.3, -0.25) is 9.59 Å². The van der Waals surface area contributed by atoms with E-state index in [0.29, 0.717) is 19.3 Å². The Morgan fingerprint density at radius 2 is 1.88 bits per heavy atom. The van der Waals surface area contributed by atoms with E-state index in [2.05, 4.69) is 11.4 Å². The molecule has 1 N–H and O–H groups in total. The van der Waals surface area contributed by atoms with Crippen LogP contribution >= 0.6 is 0 Å². The van der Waals surface area contributed by atoms with Crippen molar-refractivity contribution >= 4 is 17.5 Å². The first-order valence-corrected chi connectivity index (χ1v) is 9.18. The highest BCUT2D eigenvalue weighted by Gasteiger charge is 2.40. The molecule has 1 aliphatic heterocycles. The number of benzene rings is 1. The Bertz CT molecular complexity index is 684. The Morgan fingerprint density at radius 3 is 2.44 bits per heavy atom. The van der Waals surface area contributed by atoms with Crippen molar-refractivity contribution in [3.8, 4) is 6.07 Å². The Morgan fingerprint density at radius 1 is 1.20 bits per heavy atom. The molecule has 5 heteroatoms. The van der Waals surface area contributed by atoms with E-state index >= 15 is 0 Å². The van der Waals surface area contributed by atoms with Gasteiger partial charge in [-0.2, -0.15) is 5.26 Å². The fraction of sp³-hybridized carbons (Fsp3) is 0.550. The van der Waals surface area contributed by atoms with Crippen molar-refractivity contribution in [2.24, 2.45) is 5.41 Å². The average molecular weight is 339 g/mol. The predicted molar refractivity (Wildman–Crippen MR) is 95.7 cm³/mol. The summed E-state index contributed by atoms with van der Waals surface area (Å²) in [5.74, 6) is 0.0170. The molecule has 0 spiro atoms. The van der Waals surface area contributed by atoms with E-state index in [1.54, 1.807) is 4.90 Å². The van der Waals surface area contributed by atoms with Crippen molar-refractivity contribution in [2.45, 2.75) is 57.9 Å². The summed E-state index contributed by atoms with van der Waals surface area (Å²) in [5.41, 5.74) is 1.02. The van der Waals surface area contributed by atoms with Gasteiger partial charge in [0.25, 0.3) is 0 Å². The lowest BCUT2D eigenvalue weighted by atomic mass is 9.74. The number of rotatable bonds is 4. The molecule has 5 nitrogen and oxygen atoms in total. The summed E-state index contributed by atoms with van der Waals surface area (Å²) in [6.07, 6.45) is 5.80. The van der Waals surface area contributed by atoms with Crippen LogP contribution in [0.2, 0.25) is 0 Å². The fourth-order valence-corrected chi connectivity index (χ4v) is 3.83. The number of carbonyl (C=O) groups excluding carboxylic acids is 2. The van der Waals surface area contributed by atoms with Crippen LogP contribution in [0.3, 0.4) is 0 Å². The maximum atomic E-state index is 12.7. The van der Waals surface area contributed by atoms with Gasteiger partial charge in [0.1, 0.15) is 5.41 Å². The molecular formula is C20H25N3O2. The number of nitrogens with one attached hydrogen (secondary N) is 1. The van der Waals surface area contributed by atoms with Gasteiger partial charge < -0.3 is 10.2 Å². The van der Waals surface area contributed by atoms with Gasteiger partial charge in [0.05, 0.1) is 12.1 Å². The second-order valence-corrected chi connectivity index (χ2v) is 7.19. The summed E-state index contributed by atoms with van der Waals surface area (Å²) in [4.78, 5) is 26.3. The van der Waals surface area contributed by atoms with E-state index in [4.69, 9.17) is 0 Å². The Labute approximate surface area is 149 Å². The van der Waals surface area contributed by atoms with Gasteiger partial charge in [0.15, 0.2) is 0 Å². The summed E-state index contributed by atoms with van der Waals surface area (Å²) in [7, 11) is 0. The van der Waals surface area contributed by atoms with Crippen molar-refractivity contribution in [2.75, 3.05) is 11.4 Å². The molecule has 1 aromatic rings. The first kappa shape index (κ1) is 17.5. The van der Waals surface area contributed by atoms with E-state index in [1.165, 1.54) is 0 Å². The Kier molecular flexibility index (Phi) is 5.08. The van der Waals surface area contributed by atoms with Crippen LogP contribution in [0.25, 0.3) is 0 Å². The normalized spacial score (nSPS) is 20.8. The summed E-state index contributed by atoms with van der Waals surface area (Å²) in [6, 6.07) is 9.87. The number of carbonyl (C=O) groups is 2. The number of hydrogen-bond acceptors (Lipinski definition) is 3. The van der Waals surface area contributed by atoms with E-state index < -0.39 is 5.41 Å². The zero-order valence-corrected chi connectivity index (χ0v) is 14.8. The molecule has 1 saturated heterocycles. The molecular weight excluding hydrogens is 314 g/mol. The molecule has 2 fully saturated rings. The third-order valence-corrected chi connectivity index (χ3v) is 5.48. The second kappa shape index (κ2) is 7.26. The zero-order chi connectivity index (χ0) is 17.9. The van der Waals surface area contributed by atoms with Crippen LogP contribution in [-0.2, 0) is 9.59 Å². The van der Waals surface area contributed by atoms with Gasteiger partial charge in [-0.1, -0.05) is 31.4 Å². The minimum Gasteiger partial charge on any atom is -0.348 e. The molecule has 1 atom stereocenters. The molecule has 1 heterocycles. The second-order valence-electron chi connectivity index (χ2n) is 7.19. The summed E-state index contributed by atoms with van der Waals surface area (Å²) in [6.45, 7) is 2.71. The quantitative estimate of drug-likeness (QED) is 0.913. The zero-order valence-electron chi connectivity index (χ0n) is 14.8. The minimum atomic E-state index is -0.867. The number of hydrogen-bond donors (Lipinski definition) is 1. The first-order chi connectivity index (χ1) is 12.1. The van der Waals surface area contributed by atoms with Gasteiger partial charge in [-0.15, -0.1) is 0 Å². The van der Waals surface area contributed by atoms with Crippen molar-refractivity contribution < 1.29 is 9.59 Å². The van der Waals surface area contributed by atoms with Crippen molar-refractivity contribution in [1.82, 2.24) is 5.32 Å². The lowest BCUT2D eigenvalue weighted by Gasteiger charge is -2.30. The molecule has 0 aromatic heterocycles. The predicted octanol–water partition coefficient (Wildman–Crippen LogP) is 3.46. The highest BCUT2D eigenvalue weighted by molar-refractivity contribution is 5.95. The molecule has 1 saturated carbocycles. The van der Waals surface area contributed by atoms with Gasteiger partial charge in [-0.25, -0.2) is 0 Å². The largest absolute Gasteiger partial charge is 0.348 e. The molecule has 1 aromatic carbocycles. The molecule has 2 aliphatic rings. The molecule has 25 heavy (non-hydrogen) atoms. The summed E-state index contributed by atoms with van der Waals surface area (Å²) < 4.78 is 0. The van der Waals surface area contributed by atoms with Crippen LogP contribution in [0.4, 0.5) is 5.69 Å². The highest BCUT2D eigenvalue weighted by Crippen LogP contribution is 2.36. The number of nitrogens with zero attached hydrogens (tertiary/aromatic N) is 2. The van der Waals surface area contributed by atoms with Crippen LogP contribution in [0, 0.1) is 16.7 Å². The lowest BCUT2D eigenvalue weighted by Crippen LogP contribution is -2.42. The number of nitriles is 1. The Balaban J connectivity index is 1.66. The van der Waals surface area contributed by atoms with Crippen molar-refractivity contribution in [1.29, 1.82) is 5.26 Å². The van der Waals surface area contributed by atoms with Crippen molar-refractivity contribution in [3.05, 3.63) is 29.8 Å². The third kappa shape index (κ3) is 3.53. The lowest BCUT2D eigenvalue weighted by molar-refractivity contribution is -0.130. The van der Waals surface area contributed by atoms with Crippen LogP contribution in [-0.4, -0.2) is 18.4 Å². The third-order valence-electron chi connectivity index (χ3n) is 5.48. The van der Waals surface area contributed by atoms with Crippen LogP contribution < -0.4 is 10.2 Å². The number of anilines is 1. The van der Waals surface area contributed by atoms with Crippen LogP contribution in [0.5, 0.6) is 0 Å².